The van der Waals surface area contributed by atoms with Crippen LogP contribution in [-0.4, -0.2) is 28.5 Å². The largest absolute Gasteiger partial charge is 0.341 e. The van der Waals surface area contributed by atoms with Crippen LogP contribution in [0, 0.1) is 25.6 Å². The molecule has 2 aromatic heterocycles. The molecule has 35 heavy (non-hydrogen) atoms. The molecule has 2 aromatic carbocycles. The molecule has 4 aromatic rings. The van der Waals surface area contributed by atoms with Gasteiger partial charge in [0.05, 0.1) is 18.0 Å². The monoisotopic (exact) mass is 490 g/mol. The predicted molar refractivity (Wildman–Crippen MR) is 139 cm³/mol. The summed E-state index contributed by atoms with van der Waals surface area (Å²) in [6.07, 6.45) is 1.59. The van der Waals surface area contributed by atoms with Gasteiger partial charge in [-0.1, -0.05) is 18.2 Å². The van der Waals surface area contributed by atoms with E-state index in [1.54, 1.807) is 16.7 Å². The minimum absolute atomic E-state index is 0.0243. The highest BCUT2D eigenvalue weighted by molar-refractivity contribution is 7.17. The van der Waals surface area contributed by atoms with Crippen molar-refractivity contribution in [3.05, 3.63) is 86.8 Å². The molecule has 1 aliphatic rings. The third kappa shape index (κ3) is 4.98. The fourth-order valence-electron chi connectivity index (χ4n) is 4.75. The summed E-state index contributed by atoms with van der Waals surface area (Å²) < 4.78 is 15.7. The van der Waals surface area contributed by atoms with Crippen molar-refractivity contribution in [1.82, 2.24) is 9.55 Å². The Kier molecular flexibility index (Phi) is 6.38. The van der Waals surface area contributed by atoms with E-state index in [1.165, 1.54) is 23.5 Å². The van der Waals surface area contributed by atoms with Gasteiger partial charge in [0, 0.05) is 18.8 Å². The molecule has 1 fully saturated rings. The first-order valence-corrected chi connectivity index (χ1v) is 12.6. The first kappa shape index (κ1) is 23.2. The Morgan fingerprint density at radius 1 is 1.14 bits per heavy atom. The topological polar surface area (TPSA) is 67.2 Å². The van der Waals surface area contributed by atoms with Crippen molar-refractivity contribution < 1.29 is 9.18 Å². The van der Waals surface area contributed by atoms with Crippen molar-refractivity contribution in [1.29, 1.82) is 0 Å². The van der Waals surface area contributed by atoms with Crippen molar-refractivity contribution in [3.8, 4) is 0 Å². The first-order valence-electron chi connectivity index (χ1n) is 11.7. The van der Waals surface area contributed by atoms with E-state index in [0.717, 1.165) is 35.2 Å². The number of nitrogens with zero attached hydrogens (tertiary/aromatic N) is 3. The molecule has 0 bridgehead atoms. The van der Waals surface area contributed by atoms with Crippen LogP contribution in [0.2, 0.25) is 0 Å². The summed E-state index contributed by atoms with van der Waals surface area (Å²) in [6.45, 7) is 5.49. The number of piperidine rings is 1. The molecule has 6 nitrogen and oxygen atoms in total. The second-order valence-corrected chi connectivity index (χ2v) is 10.1. The predicted octanol–water partition coefficient (Wildman–Crippen LogP) is 5.12. The number of carbonyl (C=O) groups excluding carboxylic acids is 1. The van der Waals surface area contributed by atoms with E-state index in [-0.39, 0.29) is 29.7 Å². The fourth-order valence-corrected chi connectivity index (χ4v) is 5.53. The molecule has 0 saturated carbocycles. The third-order valence-corrected chi connectivity index (χ3v) is 7.26. The van der Waals surface area contributed by atoms with Crippen LogP contribution in [0.4, 0.5) is 16.0 Å². The van der Waals surface area contributed by atoms with Gasteiger partial charge in [-0.15, -0.1) is 11.3 Å². The maximum atomic E-state index is 13.4. The molecule has 180 valence electrons. The van der Waals surface area contributed by atoms with Crippen LogP contribution in [0.5, 0.6) is 0 Å². The summed E-state index contributed by atoms with van der Waals surface area (Å²) in [4.78, 5) is 33.4. The van der Waals surface area contributed by atoms with Gasteiger partial charge in [-0.3, -0.25) is 14.2 Å². The van der Waals surface area contributed by atoms with E-state index in [4.69, 9.17) is 4.98 Å². The second-order valence-electron chi connectivity index (χ2n) is 9.22. The van der Waals surface area contributed by atoms with Crippen LogP contribution in [0.3, 0.4) is 0 Å². The Morgan fingerprint density at radius 2 is 1.89 bits per heavy atom. The van der Waals surface area contributed by atoms with Crippen LogP contribution < -0.4 is 15.8 Å². The number of anilines is 2. The zero-order chi connectivity index (χ0) is 24.5. The third-order valence-electron chi connectivity index (χ3n) is 6.36. The molecular weight excluding hydrogens is 463 g/mol. The molecule has 3 heterocycles. The summed E-state index contributed by atoms with van der Waals surface area (Å²) in [6, 6.07) is 14.0. The van der Waals surface area contributed by atoms with Crippen molar-refractivity contribution >= 4 is 39.1 Å². The van der Waals surface area contributed by atoms with Crippen LogP contribution >= 0.6 is 11.3 Å². The first-order chi connectivity index (χ1) is 16.9. The summed E-state index contributed by atoms with van der Waals surface area (Å²) in [5.74, 6) is -0.0152. The number of thiophene rings is 1. The van der Waals surface area contributed by atoms with Gasteiger partial charge in [-0.05, 0) is 79.1 Å². The molecular formula is C27H27FN4O2S. The Balaban J connectivity index is 1.44. The van der Waals surface area contributed by atoms with Crippen molar-refractivity contribution in [2.45, 2.75) is 33.2 Å². The molecule has 0 radical (unpaired) electrons. The van der Waals surface area contributed by atoms with Gasteiger partial charge in [-0.25, -0.2) is 9.37 Å². The molecule has 1 unspecified atom stereocenters. The number of benzene rings is 2. The lowest BCUT2D eigenvalue weighted by molar-refractivity contribution is -0.120. The average Bonchev–Trinajstić information content (AvgIpc) is 3.30. The van der Waals surface area contributed by atoms with Gasteiger partial charge >= 0.3 is 0 Å². The maximum Gasteiger partial charge on any atom is 0.273 e. The highest BCUT2D eigenvalue weighted by Crippen LogP contribution is 2.26. The zero-order valence-corrected chi connectivity index (χ0v) is 20.6. The number of hydrogen-bond acceptors (Lipinski definition) is 5. The summed E-state index contributed by atoms with van der Waals surface area (Å²) in [5, 5.41) is 4.94. The van der Waals surface area contributed by atoms with Crippen LogP contribution in [-0.2, 0) is 11.3 Å². The normalized spacial score (nSPS) is 16.0. The van der Waals surface area contributed by atoms with E-state index in [1.807, 2.05) is 42.3 Å². The van der Waals surface area contributed by atoms with E-state index in [0.29, 0.717) is 29.3 Å². The molecule has 1 N–H and O–H groups in total. The van der Waals surface area contributed by atoms with E-state index < -0.39 is 0 Å². The smallest absolute Gasteiger partial charge is 0.273 e. The van der Waals surface area contributed by atoms with Gasteiger partial charge in [0.25, 0.3) is 5.56 Å². The highest BCUT2D eigenvalue weighted by atomic mass is 32.1. The molecule has 0 aliphatic carbocycles. The highest BCUT2D eigenvalue weighted by Gasteiger charge is 2.29. The number of amides is 1. The van der Waals surface area contributed by atoms with Gasteiger partial charge < -0.3 is 10.2 Å². The SMILES string of the molecule is Cc1cc(C)cc(NC(=O)C2CCCN(c3nc4ccsc4c(=O)n3Cc3ccc(F)cc3)C2)c1. The Bertz CT molecular complexity index is 1420. The van der Waals surface area contributed by atoms with E-state index in [9.17, 15) is 14.0 Å². The molecule has 1 aliphatic heterocycles. The Hall–Kier alpha value is -3.52. The number of halogens is 1. The summed E-state index contributed by atoms with van der Waals surface area (Å²) >= 11 is 1.37. The lowest BCUT2D eigenvalue weighted by Crippen LogP contribution is -2.43. The standard InChI is InChI=1S/C27H27FN4O2S/c1-17-12-18(2)14-22(13-17)29-25(33)20-4-3-10-31(16-20)27-30-23-9-11-35-24(23)26(34)32(27)15-19-5-7-21(28)8-6-19/h5-9,11-14,20H,3-4,10,15-16H2,1-2H3,(H,29,33). The van der Waals surface area contributed by atoms with Crippen LogP contribution in [0.25, 0.3) is 10.2 Å². The van der Waals surface area contributed by atoms with Gasteiger partial charge in [-0.2, -0.15) is 0 Å². The summed E-state index contributed by atoms with van der Waals surface area (Å²) in [5.41, 5.74) is 4.36. The van der Waals surface area contributed by atoms with Gasteiger partial charge in [0.15, 0.2) is 0 Å². The van der Waals surface area contributed by atoms with Crippen molar-refractivity contribution in [2.24, 2.45) is 5.92 Å². The molecule has 5 rings (SSSR count). The van der Waals surface area contributed by atoms with Crippen molar-refractivity contribution in [3.63, 3.8) is 0 Å². The Morgan fingerprint density at radius 3 is 2.63 bits per heavy atom. The minimum atomic E-state index is -0.318. The van der Waals surface area contributed by atoms with Gasteiger partial charge in [0.2, 0.25) is 11.9 Å². The number of aromatic nitrogens is 2. The zero-order valence-electron chi connectivity index (χ0n) is 19.8. The van der Waals surface area contributed by atoms with Gasteiger partial charge in [0.1, 0.15) is 10.5 Å². The molecule has 1 saturated heterocycles. The average molecular weight is 491 g/mol. The molecule has 1 atom stereocenters. The lowest BCUT2D eigenvalue weighted by Gasteiger charge is -2.34. The summed E-state index contributed by atoms with van der Waals surface area (Å²) in [7, 11) is 0. The number of carbonyl (C=O) groups is 1. The van der Waals surface area contributed by atoms with Crippen LogP contribution in [0.1, 0.15) is 29.5 Å². The van der Waals surface area contributed by atoms with Crippen LogP contribution in [0.15, 0.2) is 58.7 Å². The minimum Gasteiger partial charge on any atom is -0.341 e. The lowest BCUT2D eigenvalue weighted by atomic mass is 9.97. The van der Waals surface area contributed by atoms with E-state index >= 15 is 0 Å². The second kappa shape index (κ2) is 9.62. The van der Waals surface area contributed by atoms with Crippen molar-refractivity contribution in [2.75, 3.05) is 23.3 Å². The quantitative estimate of drug-likeness (QED) is 0.422. The number of hydrogen-bond donors (Lipinski definition) is 1. The number of fused-ring (bicyclic) bond motifs is 1. The molecule has 8 heteroatoms. The molecule has 1 amide bonds. The maximum absolute atomic E-state index is 13.4. The number of rotatable bonds is 5. The number of nitrogens with one attached hydrogen (secondary N) is 1. The fraction of sp³-hybridized carbons (Fsp3) is 0.296. The Labute approximate surface area is 207 Å². The van der Waals surface area contributed by atoms with E-state index in [2.05, 4.69) is 11.4 Å². The molecule has 0 spiro atoms. The number of aryl methyl sites for hydroxylation is 2.